The zero-order valence-electron chi connectivity index (χ0n) is 7.89. The third-order valence-corrected chi connectivity index (χ3v) is 7.15. The molecule has 0 spiro atoms. The molecule has 1 aliphatic rings. The maximum absolute atomic E-state index is 5.36. The predicted octanol–water partition coefficient (Wildman–Crippen LogP) is 1.79. The highest BCUT2D eigenvalue weighted by Crippen LogP contribution is 2.61. The SMILES string of the molecule is CO[Si](OC)(OC)C1CC1(C)Br. The zero-order chi connectivity index (χ0) is 9.41. The van der Waals surface area contributed by atoms with E-state index in [1.807, 2.05) is 0 Å². The van der Waals surface area contributed by atoms with Gasteiger partial charge in [0.25, 0.3) is 0 Å². The van der Waals surface area contributed by atoms with Crippen molar-refractivity contribution in [1.82, 2.24) is 0 Å². The molecule has 2 unspecified atom stereocenters. The molecule has 0 aromatic heterocycles. The Balaban J connectivity index is 2.68. The molecule has 1 fully saturated rings. The zero-order valence-corrected chi connectivity index (χ0v) is 10.5. The molecule has 12 heavy (non-hydrogen) atoms. The lowest BCUT2D eigenvalue weighted by atomic mass is 10.5. The van der Waals surface area contributed by atoms with Crippen molar-refractivity contribution in [3.05, 3.63) is 0 Å². The summed E-state index contributed by atoms with van der Waals surface area (Å²) in [6.45, 7) is 2.14. The molecule has 0 saturated heterocycles. The molecular formula is C7H15BrO3Si. The van der Waals surface area contributed by atoms with Crippen LogP contribution in [0.15, 0.2) is 0 Å². The Kier molecular flexibility index (Phi) is 3.00. The van der Waals surface area contributed by atoms with Crippen LogP contribution in [-0.2, 0) is 13.3 Å². The van der Waals surface area contributed by atoms with Crippen LogP contribution in [-0.4, -0.2) is 34.5 Å². The third-order valence-electron chi connectivity index (χ3n) is 2.45. The quantitative estimate of drug-likeness (QED) is 0.566. The van der Waals surface area contributed by atoms with E-state index < -0.39 is 8.80 Å². The molecule has 0 bridgehead atoms. The van der Waals surface area contributed by atoms with Crippen molar-refractivity contribution in [2.75, 3.05) is 21.3 Å². The van der Waals surface area contributed by atoms with E-state index in [1.54, 1.807) is 21.3 Å². The molecule has 72 valence electrons. The summed E-state index contributed by atoms with van der Waals surface area (Å²) in [5.74, 6) is 0. The highest BCUT2D eigenvalue weighted by Gasteiger charge is 2.66. The van der Waals surface area contributed by atoms with Gasteiger partial charge < -0.3 is 13.3 Å². The first kappa shape index (κ1) is 10.7. The fraction of sp³-hybridized carbons (Fsp3) is 1.00. The van der Waals surface area contributed by atoms with Gasteiger partial charge in [0.1, 0.15) is 0 Å². The summed E-state index contributed by atoms with van der Waals surface area (Å²) >= 11 is 3.61. The van der Waals surface area contributed by atoms with E-state index in [2.05, 4.69) is 22.9 Å². The Morgan fingerprint density at radius 2 is 1.58 bits per heavy atom. The molecule has 0 aromatic rings. The van der Waals surface area contributed by atoms with Gasteiger partial charge in [-0.05, 0) is 13.3 Å². The van der Waals surface area contributed by atoms with E-state index in [4.69, 9.17) is 13.3 Å². The first-order valence-corrected chi connectivity index (χ1v) is 6.46. The Hall–Kier alpha value is 0.577. The first-order valence-electron chi connectivity index (χ1n) is 3.87. The molecule has 1 rings (SSSR count). The fourth-order valence-corrected chi connectivity index (χ4v) is 5.74. The molecule has 0 amide bonds. The topological polar surface area (TPSA) is 27.7 Å². The van der Waals surface area contributed by atoms with Gasteiger partial charge in [-0.15, -0.1) is 0 Å². The molecule has 0 aliphatic heterocycles. The minimum Gasteiger partial charge on any atom is -0.377 e. The summed E-state index contributed by atoms with van der Waals surface area (Å²) in [7, 11) is 2.59. The van der Waals surface area contributed by atoms with Crippen molar-refractivity contribution >= 4 is 24.7 Å². The molecule has 2 atom stereocenters. The highest BCUT2D eigenvalue weighted by atomic mass is 79.9. The van der Waals surface area contributed by atoms with Gasteiger partial charge in [-0.2, -0.15) is 0 Å². The van der Waals surface area contributed by atoms with Crippen molar-refractivity contribution in [2.45, 2.75) is 23.2 Å². The van der Waals surface area contributed by atoms with E-state index in [0.29, 0.717) is 5.54 Å². The van der Waals surface area contributed by atoms with Crippen LogP contribution in [0.1, 0.15) is 13.3 Å². The van der Waals surface area contributed by atoms with Crippen LogP contribution in [0.2, 0.25) is 5.54 Å². The minimum absolute atomic E-state index is 0.154. The molecule has 0 N–H and O–H groups in total. The number of hydrogen-bond acceptors (Lipinski definition) is 3. The average Bonchev–Trinajstić information content (AvgIpc) is 2.66. The van der Waals surface area contributed by atoms with E-state index in [1.165, 1.54) is 0 Å². The lowest BCUT2D eigenvalue weighted by Gasteiger charge is -2.25. The largest absolute Gasteiger partial charge is 0.504 e. The van der Waals surface area contributed by atoms with E-state index in [9.17, 15) is 0 Å². The van der Waals surface area contributed by atoms with Gasteiger partial charge in [-0.25, -0.2) is 0 Å². The van der Waals surface area contributed by atoms with Gasteiger partial charge in [0, 0.05) is 31.2 Å². The van der Waals surface area contributed by atoms with Crippen molar-refractivity contribution in [1.29, 1.82) is 0 Å². The monoisotopic (exact) mass is 254 g/mol. The summed E-state index contributed by atoms with van der Waals surface area (Å²) < 4.78 is 16.2. The van der Waals surface area contributed by atoms with Crippen LogP contribution in [0, 0.1) is 0 Å². The Labute approximate surface area is 82.9 Å². The van der Waals surface area contributed by atoms with Gasteiger partial charge in [0.2, 0.25) is 0 Å². The summed E-state index contributed by atoms with van der Waals surface area (Å²) in [5, 5.41) is 0. The lowest BCUT2D eigenvalue weighted by Crippen LogP contribution is -2.44. The van der Waals surface area contributed by atoms with E-state index >= 15 is 0 Å². The Bertz CT molecular complexity index is 162. The van der Waals surface area contributed by atoms with Crippen molar-refractivity contribution in [2.24, 2.45) is 0 Å². The summed E-state index contributed by atoms with van der Waals surface area (Å²) in [6.07, 6.45) is 1.06. The summed E-state index contributed by atoms with van der Waals surface area (Å²) in [6, 6.07) is 0. The second-order valence-electron chi connectivity index (χ2n) is 3.25. The molecule has 0 heterocycles. The molecule has 1 aliphatic carbocycles. The molecule has 5 heteroatoms. The van der Waals surface area contributed by atoms with Gasteiger partial charge in [-0.1, -0.05) is 15.9 Å². The van der Waals surface area contributed by atoms with Gasteiger partial charge in [-0.3, -0.25) is 0 Å². The number of alkyl halides is 1. The van der Waals surface area contributed by atoms with Crippen molar-refractivity contribution in [3.8, 4) is 0 Å². The fourth-order valence-electron chi connectivity index (χ4n) is 1.51. The minimum atomic E-state index is -2.37. The second-order valence-corrected chi connectivity index (χ2v) is 8.19. The maximum Gasteiger partial charge on any atom is 0.504 e. The normalized spacial score (nSPS) is 35.2. The van der Waals surface area contributed by atoms with Crippen LogP contribution in [0.4, 0.5) is 0 Å². The van der Waals surface area contributed by atoms with Crippen LogP contribution >= 0.6 is 15.9 Å². The summed E-state index contributed by atoms with van der Waals surface area (Å²) in [4.78, 5) is 0. The van der Waals surface area contributed by atoms with E-state index in [-0.39, 0.29) is 4.32 Å². The van der Waals surface area contributed by atoms with Gasteiger partial charge >= 0.3 is 8.80 Å². The molecule has 1 saturated carbocycles. The molecule has 0 aromatic carbocycles. The van der Waals surface area contributed by atoms with Crippen LogP contribution in [0.5, 0.6) is 0 Å². The molecule has 3 nitrogen and oxygen atoms in total. The van der Waals surface area contributed by atoms with Crippen molar-refractivity contribution in [3.63, 3.8) is 0 Å². The van der Waals surface area contributed by atoms with Crippen LogP contribution in [0.3, 0.4) is 0 Å². The Morgan fingerprint density at radius 1 is 1.25 bits per heavy atom. The Morgan fingerprint density at radius 3 is 1.67 bits per heavy atom. The summed E-state index contributed by atoms with van der Waals surface area (Å²) in [5.41, 5.74) is 0.394. The van der Waals surface area contributed by atoms with Crippen LogP contribution < -0.4 is 0 Å². The molecule has 0 radical (unpaired) electrons. The predicted molar refractivity (Wildman–Crippen MR) is 52.5 cm³/mol. The highest BCUT2D eigenvalue weighted by molar-refractivity contribution is 9.10. The van der Waals surface area contributed by atoms with Gasteiger partial charge in [0.15, 0.2) is 0 Å². The number of halogens is 1. The van der Waals surface area contributed by atoms with Crippen LogP contribution in [0.25, 0.3) is 0 Å². The number of rotatable bonds is 4. The third kappa shape index (κ3) is 1.61. The average molecular weight is 255 g/mol. The smallest absolute Gasteiger partial charge is 0.377 e. The molecular weight excluding hydrogens is 240 g/mol. The maximum atomic E-state index is 5.36. The lowest BCUT2D eigenvalue weighted by molar-refractivity contribution is 0.121. The van der Waals surface area contributed by atoms with Gasteiger partial charge in [0.05, 0.1) is 0 Å². The van der Waals surface area contributed by atoms with Crippen molar-refractivity contribution < 1.29 is 13.3 Å². The standard InChI is InChI=1S/C7H15BrO3Si/c1-7(8)5-6(7)12(9-2,10-3)11-4/h6H,5H2,1-4H3. The van der Waals surface area contributed by atoms with E-state index in [0.717, 1.165) is 6.42 Å². The number of hydrogen-bond donors (Lipinski definition) is 0. The second kappa shape index (κ2) is 3.38. The first-order chi connectivity index (χ1) is 5.52.